The zero-order chi connectivity index (χ0) is 15.8. The van der Waals surface area contributed by atoms with E-state index in [0.29, 0.717) is 0 Å². The molecule has 23 heavy (non-hydrogen) atoms. The Morgan fingerprint density at radius 2 is 1.78 bits per heavy atom. The lowest BCUT2D eigenvalue weighted by Gasteiger charge is -2.15. The number of hydrogen-bond donors (Lipinski definition) is 1. The molecule has 1 N–H and O–H groups in total. The Morgan fingerprint density at radius 3 is 2.57 bits per heavy atom. The van der Waals surface area contributed by atoms with Crippen LogP contribution in [0, 0.1) is 0 Å². The normalized spacial score (nSPS) is 14.0. The van der Waals surface area contributed by atoms with E-state index in [1.54, 1.807) is 12.4 Å². The summed E-state index contributed by atoms with van der Waals surface area (Å²) in [6.45, 7) is 1.99. The van der Waals surface area contributed by atoms with Gasteiger partial charge in [-0.05, 0) is 65.4 Å². The van der Waals surface area contributed by atoms with Gasteiger partial charge in [0.15, 0.2) is 0 Å². The predicted molar refractivity (Wildman–Crippen MR) is 91.5 cm³/mol. The SMILES string of the molecule is CC(NC(=O)c1ccc2c3c(cccc13)CC2)c1ccncc1. The summed E-state index contributed by atoms with van der Waals surface area (Å²) < 4.78 is 0. The van der Waals surface area contributed by atoms with E-state index < -0.39 is 0 Å². The Labute approximate surface area is 135 Å². The molecule has 1 aliphatic rings. The molecule has 4 rings (SSSR count). The van der Waals surface area contributed by atoms with Crippen LogP contribution in [0.1, 0.15) is 40.0 Å². The Bertz CT molecular complexity index is 877. The van der Waals surface area contributed by atoms with E-state index in [2.05, 4.69) is 34.6 Å². The molecule has 2 aromatic carbocycles. The monoisotopic (exact) mass is 302 g/mol. The summed E-state index contributed by atoms with van der Waals surface area (Å²) in [7, 11) is 0. The van der Waals surface area contributed by atoms with E-state index in [0.717, 1.165) is 29.4 Å². The molecule has 0 bridgehead atoms. The summed E-state index contributed by atoms with van der Waals surface area (Å²) >= 11 is 0. The number of rotatable bonds is 3. The number of aryl methyl sites for hydroxylation is 2. The van der Waals surface area contributed by atoms with Crippen LogP contribution in [0.4, 0.5) is 0 Å². The molecule has 0 fully saturated rings. The Balaban J connectivity index is 1.69. The molecule has 0 saturated heterocycles. The van der Waals surface area contributed by atoms with Crippen molar-refractivity contribution in [3.05, 3.63) is 77.1 Å². The Hall–Kier alpha value is -2.68. The minimum Gasteiger partial charge on any atom is -0.345 e. The van der Waals surface area contributed by atoms with Crippen LogP contribution in [0.2, 0.25) is 0 Å². The van der Waals surface area contributed by atoms with Crippen molar-refractivity contribution >= 4 is 16.7 Å². The fourth-order valence-corrected chi connectivity index (χ4v) is 3.45. The van der Waals surface area contributed by atoms with E-state index in [9.17, 15) is 4.79 Å². The van der Waals surface area contributed by atoms with Crippen molar-refractivity contribution in [3.63, 3.8) is 0 Å². The molecule has 3 aromatic rings. The average Bonchev–Trinajstić information content (AvgIpc) is 3.01. The van der Waals surface area contributed by atoms with Gasteiger partial charge in [-0.25, -0.2) is 0 Å². The molecule has 1 heterocycles. The van der Waals surface area contributed by atoms with Gasteiger partial charge >= 0.3 is 0 Å². The fraction of sp³-hybridized carbons (Fsp3) is 0.200. The van der Waals surface area contributed by atoms with Crippen molar-refractivity contribution in [2.45, 2.75) is 25.8 Å². The predicted octanol–water partition coefficient (Wildman–Crippen LogP) is 3.82. The van der Waals surface area contributed by atoms with E-state index in [1.807, 2.05) is 25.1 Å². The highest BCUT2D eigenvalue weighted by Crippen LogP contribution is 2.32. The van der Waals surface area contributed by atoms with E-state index in [4.69, 9.17) is 0 Å². The summed E-state index contributed by atoms with van der Waals surface area (Å²) in [4.78, 5) is 16.8. The molecule has 3 nitrogen and oxygen atoms in total. The van der Waals surface area contributed by atoms with Crippen LogP contribution in [-0.4, -0.2) is 10.9 Å². The lowest BCUT2D eigenvalue weighted by atomic mass is 9.99. The summed E-state index contributed by atoms with van der Waals surface area (Å²) in [5.74, 6) is -0.0232. The van der Waals surface area contributed by atoms with Crippen molar-refractivity contribution < 1.29 is 4.79 Å². The van der Waals surface area contributed by atoms with Crippen molar-refractivity contribution in [3.8, 4) is 0 Å². The second-order valence-electron chi connectivity index (χ2n) is 6.09. The molecule has 1 unspecified atom stereocenters. The maximum Gasteiger partial charge on any atom is 0.252 e. The number of hydrogen-bond acceptors (Lipinski definition) is 2. The van der Waals surface area contributed by atoms with Crippen molar-refractivity contribution in [2.75, 3.05) is 0 Å². The Morgan fingerprint density at radius 1 is 1.04 bits per heavy atom. The van der Waals surface area contributed by atoms with Crippen molar-refractivity contribution in [2.24, 2.45) is 0 Å². The number of pyridine rings is 1. The Kier molecular flexibility index (Phi) is 3.34. The molecule has 0 spiro atoms. The molecule has 114 valence electrons. The van der Waals surface area contributed by atoms with Crippen LogP contribution < -0.4 is 5.32 Å². The summed E-state index contributed by atoms with van der Waals surface area (Å²) in [5, 5.41) is 5.44. The molecule has 1 atom stereocenters. The second kappa shape index (κ2) is 5.51. The zero-order valence-corrected chi connectivity index (χ0v) is 13.0. The molecular formula is C20H18N2O. The summed E-state index contributed by atoms with van der Waals surface area (Å²) in [6.07, 6.45) is 5.64. The van der Waals surface area contributed by atoms with Gasteiger partial charge in [0.2, 0.25) is 0 Å². The van der Waals surface area contributed by atoms with Crippen LogP contribution >= 0.6 is 0 Å². The van der Waals surface area contributed by atoms with Gasteiger partial charge in [0, 0.05) is 18.0 Å². The topological polar surface area (TPSA) is 42.0 Å². The first-order valence-electron chi connectivity index (χ1n) is 7.98. The third-order valence-electron chi connectivity index (χ3n) is 4.68. The van der Waals surface area contributed by atoms with Crippen molar-refractivity contribution in [1.29, 1.82) is 0 Å². The number of benzene rings is 2. The second-order valence-corrected chi connectivity index (χ2v) is 6.09. The number of carbonyl (C=O) groups excluding carboxylic acids is 1. The molecule has 1 aliphatic carbocycles. The highest BCUT2D eigenvalue weighted by Gasteiger charge is 2.19. The van der Waals surface area contributed by atoms with Gasteiger partial charge in [-0.15, -0.1) is 0 Å². The van der Waals surface area contributed by atoms with E-state index >= 15 is 0 Å². The van der Waals surface area contributed by atoms with Gasteiger partial charge < -0.3 is 5.32 Å². The first-order chi connectivity index (χ1) is 11.2. The molecule has 0 saturated carbocycles. The van der Waals surface area contributed by atoms with E-state index in [-0.39, 0.29) is 11.9 Å². The van der Waals surface area contributed by atoms with Crippen LogP contribution in [-0.2, 0) is 12.8 Å². The van der Waals surface area contributed by atoms with Crippen molar-refractivity contribution in [1.82, 2.24) is 10.3 Å². The quantitative estimate of drug-likeness (QED) is 0.799. The lowest BCUT2D eigenvalue weighted by molar-refractivity contribution is 0.0941. The molecule has 1 amide bonds. The minimum absolute atomic E-state index is 0.0232. The van der Waals surface area contributed by atoms with Gasteiger partial charge in [0.1, 0.15) is 0 Å². The average molecular weight is 302 g/mol. The van der Waals surface area contributed by atoms with Crippen LogP contribution in [0.5, 0.6) is 0 Å². The standard InChI is InChI=1S/C20H18N2O/c1-13(14-9-11-21-12-10-14)22-20(23)18-8-7-16-6-5-15-3-2-4-17(18)19(15)16/h2-4,7-13H,5-6H2,1H3,(H,22,23). The first-order valence-corrected chi connectivity index (χ1v) is 7.98. The third-order valence-corrected chi connectivity index (χ3v) is 4.68. The van der Waals surface area contributed by atoms with Gasteiger partial charge in [0.05, 0.1) is 6.04 Å². The fourth-order valence-electron chi connectivity index (χ4n) is 3.45. The van der Waals surface area contributed by atoms with Gasteiger partial charge in [-0.2, -0.15) is 0 Å². The lowest BCUT2D eigenvalue weighted by Crippen LogP contribution is -2.26. The number of nitrogens with one attached hydrogen (secondary N) is 1. The molecule has 3 heteroatoms. The maximum atomic E-state index is 12.8. The zero-order valence-electron chi connectivity index (χ0n) is 13.0. The highest BCUT2D eigenvalue weighted by atomic mass is 16.1. The number of carbonyl (C=O) groups is 1. The van der Waals surface area contributed by atoms with Gasteiger partial charge in [-0.1, -0.05) is 24.3 Å². The number of aromatic nitrogens is 1. The molecule has 0 aliphatic heterocycles. The smallest absolute Gasteiger partial charge is 0.252 e. The van der Waals surface area contributed by atoms with Gasteiger partial charge in [0.25, 0.3) is 5.91 Å². The van der Waals surface area contributed by atoms with Crippen LogP contribution in [0.25, 0.3) is 10.8 Å². The van der Waals surface area contributed by atoms with Crippen LogP contribution in [0.3, 0.4) is 0 Å². The molecule has 1 aromatic heterocycles. The maximum absolute atomic E-state index is 12.8. The minimum atomic E-state index is -0.0477. The molecular weight excluding hydrogens is 284 g/mol. The number of amides is 1. The van der Waals surface area contributed by atoms with E-state index in [1.165, 1.54) is 16.5 Å². The largest absolute Gasteiger partial charge is 0.345 e. The first kappa shape index (κ1) is 13.9. The highest BCUT2D eigenvalue weighted by molar-refractivity contribution is 6.09. The number of nitrogens with zero attached hydrogens (tertiary/aromatic N) is 1. The van der Waals surface area contributed by atoms with Crippen LogP contribution in [0.15, 0.2) is 54.9 Å². The summed E-state index contributed by atoms with van der Waals surface area (Å²) in [6, 6.07) is 14.1. The molecule has 0 radical (unpaired) electrons. The summed E-state index contributed by atoms with van der Waals surface area (Å²) in [5.41, 5.74) is 4.52. The van der Waals surface area contributed by atoms with Gasteiger partial charge in [-0.3, -0.25) is 9.78 Å². The third kappa shape index (κ3) is 2.38.